The summed E-state index contributed by atoms with van der Waals surface area (Å²) in [5, 5.41) is 24.0. The van der Waals surface area contributed by atoms with Crippen LogP contribution in [0.5, 0.6) is 5.75 Å². The van der Waals surface area contributed by atoms with Crippen LogP contribution in [-0.4, -0.2) is 42.9 Å². The number of para-hydroxylation sites is 2. The fraction of sp³-hybridized carbons (Fsp3) is 0.273. The summed E-state index contributed by atoms with van der Waals surface area (Å²) in [5.41, 5.74) is 4.75. The molecule has 1 fully saturated rings. The average Bonchev–Trinajstić information content (AvgIpc) is 3.19. The molecule has 0 saturated carbocycles. The van der Waals surface area contributed by atoms with Crippen LogP contribution in [0, 0.1) is 13.8 Å². The first kappa shape index (κ1) is 19.4. The second-order valence-corrected chi connectivity index (χ2v) is 7.58. The number of aliphatic hydroxyl groups excluding tert-OH is 1. The number of hydrogen-bond acceptors (Lipinski definition) is 4. The minimum Gasteiger partial charge on any atom is -0.506 e. The molecular formula is C22H24N4O2S. The number of aryl methyl sites for hydroxylation is 1. The van der Waals surface area contributed by atoms with Crippen molar-refractivity contribution in [2.45, 2.75) is 25.9 Å². The highest BCUT2D eigenvalue weighted by atomic mass is 32.1. The number of pyridine rings is 1. The average molecular weight is 409 g/mol. The lowest BCUT2D eigenvalue weighted by Crippen LogP contribution is -2.32. The minimum atomic E-state index is -0.131. The van der Waals surface area contributed by atoms with E-state index in [1.165, 1.54) is 0 Å². The molecule has 6 nitrogen and oxygen atoms in total. The Labute approximate surface area is 175 Å². The van der Waals surface area contributed by atoms with Gasteiger partial charge in [0.15, 0.2) is 5.11 Å². The molecule has 0 spiro atoms. The second kappa shape index (κ2) is 7.85. The van der Waals surface area contributed by atoms with Crippen molar-refractivity contribution in [3.63, 3.8) is 0 Å². The van der Waals surface area contributed by atoms with Crippen molar-refractivity contribution in [3.05, 3.63) is 77.4 Å². The van der Waals surface area contributed by atoms with Gasteiger partial charge in [0.1, 0.15) is 5.75 Å². The van der Waals surface area contributed by atoms with E-state index >= 15 is 0 Å². The molecule has 4 rings (SSSR count). The topological polar surface area (TPSA) is 73.5 Å². The number of aromatic nitrogens is 2. The predicted molar refractivity (Wildman–Crippen MR) is 116 cm³/mol. The molecule has 1 aliphatic heterocycles. The molecule has 2 aromatic heterocycles. The summed E-state index contributed by atoms with van der Waals surface area (Å²) in [7, 11) is 0. The van der Waals surface area contributed by atoms with E-state index in [-0.39, 0.29) is 24.4 Å². The van der Waals surface area contributed by atoms with Crippen LogP contribution in [-0.2, 0) is 0 Å². The van der Waals surface area contributed by atoms with Crippen LogP contribution in [0.15, 0.2) is 54.7 Å². The number of aromatic hydroxyl groups is 1. The minimum absolute atomic E-state index is 0.00543. The van der Waals surface area contributed by atoms with Crippen LogP contribution < -0.4 is 5.32 Å². The van der Waals surface area contributed by atoms with Crippen molar-refractivity contribution in [1.29, 1.82) is 0 Å². The zero-order valence-corrected chi connectivity index (χ0v) is 17.2. The first-order valence-electron chi connectivity index (χ1n) is 9.59. The number of β-amino-alcohol motifs (C(OH)–C–C–N with tert-alkyl or cyclic N) is 1. The standard InChI is InChI=1S/C22H24N4O2S/c1-14-13-16(15(2)26(14)18-8-3-4-9-19(18)28)21-20(17-7-5-6-10-23-17)24-22(29)25(21)11-12-27/h3-10,13,20-21,27-28H,11-12H2,1-2H3,(H,24,29)/t20-,21+/m0/s1. The van der Waals surface area contributed by atoms with Crippen molar-refractivity contribution in [2.24, 2.45) is 0 Å². The van der Waals surface area contributed by atoms with Gasteiger partial charge < -0.3 is 25.0 Å². The van der Waals surface area contributed by atoms with E-state index in [1.807, 2.05) is 55.1 Å². The SMILES string of the molecule is Cc1cc([C@@H]2[C@H](c3ccccn3)NC(=S)N2CCO)c(C)n1-c1ccccc1O. The van der Waals surface area contributed by atoms with Gasteiger partial charge in [-0.3, -0.25) is 4.98 Å². The summed E-state index contributed by atoms with van der Waals surface area (Å²) in [4.78, 5) is 6.56. The van der Waals surface area contributed by atoms with E-state index in [1.54, 1.807) is 12.3 Å². The summed E-state index contributed by atoms with van der Waals surface area (Å²) in [6, 6.07) is 15.0. The lowest BCUT2D eigenvalue weighted by atomic mass is 9.97. The second-order valence-electron chi connectivity index (χ2n) is 7.19. The molecule has 0 aliphatic carbocycles. The highest BCUT2D eigenvalue weighted by molar-refractivity contribution is 7.80. The van der Waals surface area contributed by atoms with Gasteiger partial charge in [-0.1, -0.05) is 18.2 Å². The number of nitrogens with zero attached hydrogens (tertiary/aromatic N) is 3. The van der Waals surface area contributed by atoms with Gasteiger partial charge in [0, 0.05) is 24.1 Å². The number of phenols is 1. The Morgan fingerprint density at radius 1 is 1.14 bits per heavy atom. The Hall–Kier alpha value is -2.90. The van der Waals surface area contributed by atoms with Crippen molar-refractivity contribution < 1.29 is 10.2 Å². The molecule has 3 heterocycles. The number of thiocarbonyl (C=S) groups is 1. The molecule has 150 valence electrons. The third kappa shape index (κ3) is 3.36. The molecule has 0 unspecified atom stereocenters. The van der Waals surface area contributed by atoms with Crippen LogP contribution >= 0.6 is 12.2 Å². The molecule has 0 radical (unpaired) electrons. The third-order valence-electron chi connectivity index (χ3n) is 5.45. The van der Waals surface area contributed by atoms with Crippen LogP contribution in [0.4, 0.5) is 0 Å². The van der Waals surface area contributed by atoms with E-state index < -0.39 is 0 Å². The number of hydrogen-bond donors (Lipinski definition) is 3. The summed E-state index contributed by atoms with van der Waals surface area (Å²) in [6.07, 6.45) is 1.77. The third-order valence-corrected chi connectivity index (χ3v) is 5.80. The number of rotatable bonds is 5. The lowest BCUT2D eigenvalue weighted by Gasteiger charge is -2.27. The van der Waals surface area contributed by atoms with Crippen molar-refractivity contribution in [2.75, 3.05) is 13.2 Å². The van der Waals surface area contributed by atoms with E-state index in [0.717, 1.165) is 28.3 Å². The van der Waals surface area contributed by atoms with Crippen LogP contribution in [0.2, 0.25) is 0 Å². The molecule has 2 atom stereocenters. The number of nitrogens with one attached hydrogen (secondary N) is 1. The molecular weight excluding hydrogens is 384 g/mol. The summed E-state index contributed by atoms with van der Waals surface area (Å²) in [6.45, 7) is 4.50. The van der Waals surface area contributed by atoms with E-state index in [0.29, 0.717) is 11.7 Å². The Balaban J connectivity index is 1.85. The first-order chi connectivity index (χ1) is 14.0. The Bertz CT molecular complexity index is 1030. The Morgan fingerprint density at radius 2 is 1.90 bits per heavy atom. The number of phenolic OH excluding ortho intramolecular Hbond substituents is 1. The molecule has 1 aromatic carbocycles. The molecule has 29 heavy (non-hydrogen) atoms. The van der Waals surface area contributed by atoms with Gasteiger partial charge in [-0.25, -0.2) is 0 Å². The molecule has 0 amide bonds. The van der Waals surface area contributed by atoms with E-state index in [4.69, 9.17) is 12.2 Å². The van der Waals surface area contributed by atoms with Gasteiger partial charge in [-0.2, -0.15) is 0 Å². The van der Waals surface area contributed by atoms with Gasteiger partial charge in [-0.15, -0.1) is 0 Å². The smallest absolute Gasteiger partial charge is 0.170 e. The van der Waals surface area contributed by atoms with Gasteiger partial charge in [0.05, 0.1) is 30.1 Å². The first-order valence-corrected chi connectivity index (χ1v) is 10.00. The van der Waals surface area contributed by atoms with Gasteiger partial charge in [-0.05, 0) is 62.0 Å². The fourth-order valence-corrected chi connectivity index (χ4v) is 4.54. The lowest BCUT2D eigenvalue weighted by molar-refractivity contribution is 0.223. The molecule has 3 N–H and O–H groups in total. The zero-order chi connectivity index (χ0) is 20.5. The summed E-state index contributed by atoms with van der Waals surface area (Å²) >= 11 is 5.59. The monoisotopic (exact) mass is 408 g/mol. The normalized spacial score (nSPS) is 18.9. The molecule has 1 aliphatic rings. The van der Waals surface area contributed by atoms with Crippen LogP contribution in [0.3, 0.4) is 0 Å². The number of aliphatic hydroxyl groups is 1. The van der Waals surface area contributed by atoms with Crippen LogP contribution in [0.1, 0.15) is 34.7 Å². The van der Waals surface area contributed by atoms with Crippen molar-refractivity contribution in [1.82, 2.24) is 19.8 Å². The fourth-order valence-electron chi connectivity index (χ4n) is 4.20. The van der Waals surface area contributed by atoms with Crippen molar-refractivity contribution >= 4 is 17.3 Å². The molecule has 7 heteroatoms. The highest BCUT2D eigenvalue weighted by Crippen LogP contribution is 2.41. The maximum atomic E-state index is 10.4. The highest BCUT2D eigenvalue weighted by Gasteiger charge is 2.41. The maximum absolute atomic E-state index is 10.4. The zero-order valence-electron chi connectivity index (χ0n) is 16.4. The predicted octanol–water partition coefficient (Wildman–Crippen LogP) is 3.16. The maximum Gasteiger partial charge on any atom is 0.170 e. The van der Waals surface area contributed by atoms with E-state index in [9.17, 15) is 10.2 Å². The summed E-state index contributed by atoms with van der Waals surface area (Å²) in [5.74, 6) is 0.231. The summed E-state index contributed by atoms with van der Waals surface area (Å²) < 4.78 is 2.05. The van der Waals surface area contributed by atoms with E-state index in [2.05, 4.69) is 20.9 Å². The molecule has 0 bridgehead atoms. The van der Waals surface area contributed by atoms with Gasteiger partial charge >= 0.3 is 0 Å². The van der Waals surface area contributed by atoms with Gasteiger partial charge in [0.2, 0.25) is 0 Å². The Morgan fingerprint density at radius 3 is 2.59 bits per heavy atom. The van der Waals surface area contributed by atoms with Crippen molar-refractivity contribution in [3.8, 4) is 11.4 Å². The molecule has 1 saturated heterocycles. The molecule has 3 aromatic rings. The largest absolute Gasteiger partial charge is 0.506 e. The number of benzene rings is 1. The van der Waals surface area contributed by atoms with Gasteiger partial charge in [0.25, 0.3) is 0 Å². The Kier molecular flexibility index (Phi) is 5.25. The van der Waals surface area contributed by atoms with Crippen LogP contribution in [0.25, 0.3) is 5.69 Å². The quantitative estimate of drug-likeness (QED) is 0.563.